The van der Waals surface area contributed by atoms with Gasteiger partial charge in [-0.3, -0.25) is 0 Å². The number of nitrogens with one attached hydrogen (secondary N) is 3. The summed E-state index contributed by atoms with van der Waals surface area (Å²) in [5.41, 5.74) is 3.95. The Kier molecular flexibility index (Phi) is 8.28. The average Bonchev–Trinajstić information content (AvgIpc) is 3.23. The van der Waals surface area contributed by atoms with E-state index in [2.05, 4.69) is 69.1 Å². The van der Waals surface area contributed by atoms with Crippen molar-refractivity contribution in [1.29, 1.82) is 0 Å². The fraction of sp³-hybridized carbons (Fsp3) is 0.450. The van der Waals surface area contributed by atoms with Crippen LogP contribution in [0.2, 0.25) is 0 Å². The largest absolute Gasteiger partial charge is 0.361 e. The second kappa shape index (κ2) is 10.4. The van der Waals surface area contributed by atoms with Crippen molar-refractivity contribution in [3.63, 3.8) is 0 Å². The Morgan fingerprint density at radius 1 is 1.18 bits per heavy atom. The van der Waals surface area contributed by atoms with Crippen molar-refractivity contribution in [3.05, 3.63) is 47.2 Å². The summed E-state index contributed by atoms with van der Waals surface area (Å²) in [6, 6.07) is 6.52. The molecule has 0 aliphatic heterocycles. The molecule has 2 heterocycles. The van der Waals surface area contributed by atoms with Crippen LogP contribution in [0.4, 0.5) is 0 Å². The van der Waals surface area contributed by atoms with Crippen molar-refractivity contribution >= 4 is 40.8 Å². The van der Waals surface area contributed by atoms with Gasteiger partial charge >= 0.3 is 0 Å². The summed E-state index contributed by atoms with van der Waals surface area (Å²) < 4.78 is 1.96. The minimum atomic E-state index is 0. The molecule has 0 aliphatic rings. The molecule has 2 aromatic heterocycles. The number of benzene rings is 1. The van der Waals surface area contributed by atoms with Gasteiger partial charge in [0.15, 0.2) is 11.8 Å². The number of H-pyrrole nitrogens is 1. The summed E-state index contributed by atoms with van der Waals surface area (Å²) in [4.78, 5) is 8.06. The Morgan fingerprint density at radius 2 is 2.00 bits per heavy atom. The van der Waals surface area contributed by atoms with Gasteiger partial charge in [-0.15, -0.1) is 34.2 Å². The third kappa shape index (κ3) is 5.03. The summed E-state index contributed by atoms with van der Waals surface area (Å²) >= 11 is 0. The standard InChI is InChI=1S/C20H29N7.HI/c1-5-15-8-7-9-17-16(12-23-19(15)17)10-11-22-20(21-6-2)24-13-18-26-25-14(3)27(18)4;/h7-9,12,23H,5-6,10-11,13H2,1-4H3,(H2,21,22,24);1H. The van der Waals surface area contributed by atoms with E-state index in [-0.39, 0.29) is 24.0 Å². The Bertz CT molecular complexity index is 926. The molecule has 1 aromatic carbocycles. The molecule has 3 N–H and O–H groups in total. The highest BCUT2D eigenvalue weighted by Crippen LogP contribution is 2.22. The van der Waals surface area contributed by atoms with Crippen molar-refractivity contribution in [3.8, 4) is 0 Å². The summed E-state index contributed by atoms with van der Waals surface area (Å²) in [6.45, 7) is 8.32. The second-order valence-electron chi connectivity index (χ2n) is 6.60. The molecule has 0 spiro atoms. The van der Waals surface area contributed by atoms with Crippen molar-refractivity contribution in [2.24, 2.45) is 12.0 Å². The fourth-order valence-electron chi connectivity index (χ4n) is 3.17. The third-order valence-corrected chi connectivity index (χ3v) is 4.86. The van der Waals surface area contributed by atoms with Gasteiger partial charge in [-0.2, -0.15) is 0 Å². The number of aromatic nitrogens is 4. The number of aliphatic imine (C=N–C) groups is 1. The molecule has 152 valence electrons. The van der Waals surface area contributed by atoms with E-state index in [4.69, 9.17) is 0 Å². The van der Waals surface area contributed by atoms with Gasteiger partial charge < -0.3 is 20.2 Å². The fourth-order valence-corrected chi connectivity index (χ4v) is 3.17. The number of aryl methyl sites for hydroxylation is 2. The molecule has 3 rings (SSSR count). The van der Waals surface area contributed by atoms with E-state index in [1.165, 1.54) is 22.0 Å². The van der Waals surface area contributed by atoms with Crippen molar-refractivity contribution in [2.45, 2.75) is 40.2 Å². The van der Waals surface area contributed by atoms with Crippen LogP contribution in [0.5, 0.6) is 0 Å². The molecule has 0 saturated carbocycles. The molecule has 8 heteroatoms. The van der Waals surface area contributed by atoms with Crippen LogP contribution in [-0.2, 0) is 26.4 Å². The van der Waals surface area contributed by atoms with Gasteiger partial charge in [0.1, 0.15) is 12.4 Å². The van der Waals surface area contributed by atoms with Gasteiger partial charge in [-0.1, -0.05) is 25.1 Å². The number of guanidine groups is 1. The lowest BCUT2D eigenvalue weighted by molar-refractivity contribution is 0.754. The van der Waals surface area contributed by atoms with E-state index in [1.54, 1.807) is 0 Å². The molecule has 3 aromatic rings. The number of rotatable bonds is 7. The van der Waals surface area contributed by atoms with E-state index >= 15 is 0 Å². The number of hydrogen-bond donors (Lipinski definition) is 3. The molecule has 28 heavy (non-hydrogen) atoms. The Balaban J connectivity index is 0.00000280. The highest BCUT2D eigenvalue weighted by Gasteiger charge is 2.08. The number of halogens is 1. The van der Waals surface area contributed by atoms with E-state index in [9.17, 15) is 0 Å². The summed E-state index contributed by atoms with van der Waals surface area (Å²) in [6.07, 6.45) is 4.09. The molecular weight excluding hydrogens is 465 g/mol. The highest BCUT2D eigenvalue weighted by atomic mass is 127. The van der Waals surface area contributed by atoms with Crippen LogP contribution in [0.15, 0.2) is 29.4 Å². The lowest BCUT2D eigenvalue weighted by atomic mass is 10.1. The van der Waals surface area contributed by atoms with E-state index in [1.807, 2.05) is 18.5 Å². The van der Waals surface area contributed by atoms with Crippen LogP contribution in [-0.4, -0.2) is 38.8 Å². The topological polar surface area (TPSA) is 82.9 Å². The Hall–Kier alpha value is -2.10. The first-order valence-electron chi connectivity index (χ1n) is 9.58. The minimum Gasteiger partial charge on any atom is -0.361 e. The Morgan fingerprint density at radius 3 is 2.68 bits per heavy atom. The van der Waals surface area contributed by atoms with Crippen LogP contribution in [0.3, 0.4) is 0 Å². The Labute approximate surface area is 183 Å². The number of nitrogens with zero attached hydrogens (tertiary/aromatic N) is 4. The number of aromatic amines is 1. The monoisotopic (exact) mass is 495 g/mol. The third-order valence-electron chi connectivity index (χ3n) is 4.86. The van der Waals surface area contributed by atoms with Crippen LogP contribution in [0.1, 0.15) is 36.6 Å². The van der Waals surface area contributed by atoms with E-state index in [0.29, 0.717) is 6.54 Å². The molecule has 0 radical (unpaired) electrons. The molecule has 0 aliphatic carbocycles. The zero-order valence-corrected chi connectivity index (χ0v) is 19.4. The first-order chi connectivity index (χ1) is 13.1. The van der Waals surface area contributed by atoms with Crippen LogP contribution >= 0.6 is 24.0 Å². The van der Waals surface area contributed by atoms with Gasteiger partial charge in [0.05, 0.1) is 0 Å². The molecule has 0 amide bonds. The average molecular weight is 495 g/mol. The van der Waals surface area contributed by atoms with Crippen LogP contribution < -0.4 is 10.6 Å². The van der Waals surface area contributed by atoms with Crippen LogP contribution in [0.25, 0.3) is 10.9 Å². The molecule has 7 nitrogen and oxygen atoms in total. The van der Waals surface area contributed by atoms with Crippen LogP contribution in [0, 0.1) is 6.92 Å². The van der Waals surface area contributed by atoms with Gasteiger partial charge in [-0.05, 0) is 37.8 Å². The summed E-state index contributed by atoms with van der Waals surface area (Å²) in [5, 5.41) is 16.3. The van der Waals surface area contributed by atoms with Gasteiger partial charge in [0, 0.05) is 37.2 Å². The maximum absolute atomic E-state index is 4.63. The number of fused-ring (bicyclic) bond motifs is 1. The maximum Gasteiger partial charge on any atom is 0.191 e. The summed E-state index contributed by atoms with van der Waals surface area (Å²) in [5.74, 6) is 2.55. The highest BCUT2D eigenvalue weighted by molar-refractivity contribution is 14.0. The predicted molar refractivity (Wildman–Crippen MR) is 125 cm³/mol. The lowest BCUT2D eigenvalue weighted by Crippen LogP contribution is -2.38. The first kappa shape index (κ1) is 22.2. The molecule has 0 bridgehead atoms. The smallest absolute Gasteiger partial charge is 0.191 e. The van der Waals surface area contributed by atoms with Crippen molar-refractivity contribution in [2.75, 3.05) is 13.1 Å². The first-order valence-corrected chi connectivity index (χ1v) is 9.58. The lowest BCUT2D eigenvalue weighted by Gasteiger charge is -2.11. The normalized spacial score (nSPS) is 11.5. The SMILES string of the molecule is CCNC(=NCc1nnc(C)n1C)NCCc1c[nH]c2c(CC)cccc12.I. The summed E-state index contributed by atoms with van der Waals surface area (Å²) in [7, 11) is 1.96. The maximum atomic E-state index is 4.63. The van der Waals surface area contributed by atoms with Gasteiger partial charge in [-0.25, -0.2) is 4.99 Å². The molecule has 0 fully saturated rings. The number of para-hydroxylation sites is 1. The van der Waals surface area contributed by atoms with Gasteiger partial charge in [0.2, 0.25) is 0 Å². The number of hydrogen-bond acceptors (Lipinski definition) is 3. The zero-order valence-electron chi connectivity index (χ0n) is 17.0. The van der Waals surface area contributed by atoms with Crippen molar-refractivity contribution < 1.29 is 0 Å². The minimum absolute atomic E-state index is 0. The van der Waals surface area contributed by atoms with E-state index < -0.39 is 0 Å². The second-order valence-corrected chi connectivity index (χ2v) is 6.60. The molecular formula is C20H30IN7. The molecule has 0 atom stereocenters. The van der Waals surface area contributed by atoms with E-state index in [0.717, 1.165) is 43.5 Å². The molecule has 0 saturated heterocycles. The molecule has 0 unspecified atom stereocenters. The predicted octanol–water partition coefficient (Wildman–Crippen LogP) is 3.08. The quantitative estimate of drug-likeness (QED) is 0.267. The van der Waals surface area contributed by atoms with Gasteiger partial charge in [0.25, 0.3) is 0 Å². The zero-order chi connectivity index (χ0) is 19.2. The van der Waals surface area contributed by atoms with Crippen molar-refractivity contribution in [1.82, 2.24) is 30.4 Å².